The van der Waals surface area contributed by atoms with Crippen molar-refractivity contribution < 1.29 is 18.6 Å². The molecule has 1 N–H and O–H groups in total. The molecule has 0 spiro atoms. The molecule has 0 saturated carbocycles. The van der Waals surface area contributed by atoms with Crippen molar-refractivity contribution in [3.63, 3.8) is 0 Å². The van der Waals surface area contributed by atoms with Gasteiger partial charge in [-0.1, -0.05) is 41.7 Å². The predicted molar refractivity (Wildman–Crippen MR) is 151 cm³/mol. The number of hydrogen-bond acceptors (Lipinski definition) is 5. The van der Waals surface area contributed by atoms with E-state index in [1.54, 1.807) is 12.1 Å². The highest BCUT2D eigenvalue weighted by molar-refractivity contribution is 5.78. The second-order valence-electron chi connectivity index (χ2n) is 9.09. The summed E-state index contributed by atoms with van der Waals surface area (Å²) < 4.78 is 35.2. The highest BCUT2D eigenvalue weighted by Gasteiger charge is 2.19. The third-order valence-corrected chi connectivity index (χ3v) is 6.40. The zero-order valence-electron chi connectivity index (χ0n) is 21.7. The molecule has 0 unspecified atom stereocenters. The topological polar surface area (TPSA) is 66.8 Å². The van der Waals surface area contributed by atoms with Crippen LogP contribution < -0.4 is 20.5 Å². The Morgan fingerprint density at radius 3 is 1.75 bits per heavy atom. The van der Waals surface area contributed by atoms with E-state index in [9.17, 15) is 23.5 Å². The van der Waals surface area contributed by atoms with E-state index in [-0.39, 0.29) is 0 Å². The van der Waals surface area contributed by atoms with Crippen molar-refractivity contribution in [2.45, 2.75) is 13.8 Å². The van der Waals surface area contributed by atoms with Crippen molar-refractivity contribution in [2.75, 3.05) is 11.5 Å². The zero-order valence-corrected chi connectivity index (χ0v) is 21.7. The number of anilines is 3. The molecule has 0 aliphatic carbocycles. The molecule has 0 fully saturated rings. The van der Waals surface area contributed by atoms with Crippen molar-refractivity contribution >= 4 is 17.1 Å². The first-order valence-corrected chi connectivity index (χ1v) is 12.5. The van der Waals surface area contributed by atoms with Gasteiger partial charge >= 0.3 is 0 Å². The van der Waals surface area contributed by atoms with Gasteiger partial charge in [-0.2, -0.15) is 0 Å². The van der Waals surface area contributed by atoms with Crippen molar-refractivity contribution in [3.8, 4) is 34.5 Å². The lowest BCUT2D eigenvalue weighted by atomic mass is 10.0. The van der Waals surface area contributed by atoms with Crippen LogP contribution in [-0.2, 0) is 0 Å². The van der Waals surface area contributed by atoms with E-state index in [0.29, 0.717) is 17.7 Å². The molecule has 5 aromatic rings. The van der Waals surface area contributed by atoms with Crippen LogP contribution >= 0.6 is 0 Å². The third kappa shape index (κ3) is 5.07. The quantitative estimate of drug-likeness (QED) is 0.198. The Labute approximate surface area is 229 Å². The van der Waals surface area contributed by atoms with E-state index in [4.69, 9.17) is 4.74 Å². The highest BCUT2D eigenvalue weighted by atomic mass is 19.1. The molecule has 0 aliphatic rings. The van der Waals surface area contributed by atoms with Crippen LogP contribution in [0.5, 0.6) is 11.5 Å². The van der Waals surface area contributed by atoms with Crippen molar-refractivity contribution in [2.24, 2.45) is 0 Å². The van der Waals surface area contributed by atoms with E-state index < -0.39 is 39.4 Å². The Balaban J connectivity index is 1.47. The average Bonchev–Trinajstić information content (AvgIpc) is 2.96. The summed E-state index contributed by atoms with van der Waals surface area (Å²) >= 11 is 0. The van der Waals surface area contributed by atoms with Gasteiger partial charge in [0.1, 0.15) is 22.9 Å². The number of ether oxygens (including phenoxy) is 1. The summed E-state index contributed by atoms with van der Waals surface area (Å²) in [5.74, 6) is 2.52. The van der Waals surface area contributed by atoms with Gasteiger partial charge in [0.25, 0.3) is 5.43 Å². The lowest BCUT2D eigenvalue weighted by Crippen LogP contribution is -2.33. The Hall–Kier alpha value is -5.22. The molecule has 5 aromatic carbocycles. The maximum atomic E-state index is 14.8. The van der Waals surface area contributed by atoms with Gasteiger partial charge in [-0.05, 0) is 85.6 Å². The first-order chi connectivity index (χ1) is 19.3. The van der Waals surface area contributed by atoms with Gasteiger partial charge in [0.15, 0.2) is 5.75 Å². The molecule has 0 amide bonds. The van der Waals surface area contributed by atoms with Crippen LogP contribution in [0.3, 0.4) is 0 Å². The van der Waals surface area contributed by atoms with E-state index in [2.05, 4.69) is 16.7 Å². The third-order valence-electron chi connectivity index (χ3n) is 6.40. The minimum atomic E-state index is -1.06. The molecule has 0 radical (unpaired) electrons. The first-order valence-electron chi connectivity index (χ1n) is 12.5. The molecular formula is C33H23F2NO4. The van der Waals surface area contributed by atoms with Crippen molar-refractivity contribution in [3.05, 3.63) is 134 Å². The number of nitrogens with zero attached hydrogens (tertiary/aromatic N) is 1. The summed E-state index contributed by atoms with van der Waals surface area (Å²) in [6, 6.07) is 25.4. The Morgan fingerprint density at radius 1 is 0.725 bits per heavy atom. The molecule has 40 heavy (non-hydrogen) atoms. The fourth-order valence-electron chi connectivity index (χ4n) is 4.28. The Morgan fingerprint density at radius 2 is 1.23 bits per heavy atom. The van der Waals surface area contributed by atoms with E-state index in [1.165, 1.54) is 0 Å². The Bertz CT molecular complexity index is 1800. The normalized spacial score (nSPS) is 10.7. The Kier molecular flexibility index (Phi) is 7.17. The summed E-state index contributed by atoms with van der Waals surface area (Å²) in [5, 5.41) is 9.42. The monoisotopic (exact) mass is 535 g/mol. The lowest BCUT2D eigenvalue weighted by molar-refractivity contribution is 0.340. The minimum Gasteiger partial charge on any atom is -0.503 e. The maximum absolute atomic E-state index is 14.8. The van der Waals surface area contributed by atoms with Gasteiger partial charge in [0.05, 0.1) is 12.2 Å². The fourth-order valence-corrected chi connectivity index (χ4v) is 4.28. The van der Waals surface area contributed by atoms with Crippen LogP contribution in [-0.4, -0.2) is 11.7 Å². The fraction of sp³-hybridized carbons (Fsp3) is 0.0909. The van der Waals surface area contributed by atoms with E-state index in [0.717, 1.165) is 40.5 Å². The number of aryl methyl sites for hydroxylation is 1. The zero-order chi connectivity index (χ0) is 28.4. The van der Waals surface area contributed by atoms with Crippen molar-refractivity contribution in [1.29, 1.82) is 0 Å². The van der Waals surface area contributed by atoms with Gasteiger partial charge in [-0.3, -0.25) is 9.59 Å². The van der Waals surface area contributed by atoms with E-state index in [1.807, 2.05) is 74.5 Å². The first kappa shape index (κ1) is 26.4. The summed E-state index contributed by atoms with van der Waals surface area (Å²) in [4.78, 5) is 24.6. The summed E-state index contributed by atoms with van der Waals surface area (Å²) in [6.07, 6.45) is 0. The van der Waals surface area contributed by atoms with Gasteiger partial charge in [-0.25, -0.2) is 8.78 Å². The number of hydrogen-bond donors (Lipinski definition) is 1. The van der Waals surface area contributed by atoms with Crippen LogP contribution in [0.15, 0.2) is 94.5 Å². The molecule has 0 saturated heterocycles. The SMILES string of the molecule is CCOc1ccc(N(c2ccc(C)cc2)c2ccc(-c3cc(F)c(C#Cc4c(O)c(=O)c4=O)c(F)c3)cc2)cc1. The second-order valence-corrected chi connectivity index (χ2v) is 9.09. The molecule has 5 rings (SSSR count). The maximum Gasteiger partial charge on any atom is 0.270 e. The number of rotatable bonds is 6. The van der Waals surface area contributed by atoms with Crippen LogP contribution in [0, 0.1) is 30.4 Å². The predicted octanol–water partition coefficient (Wildman–Crippen LogP) is 6.51. The smallest absolute Gasteiger partial charge is 0.270 e. The van der Waals surface area contributed by atoms with Crippen LogP contribution in [0.1, 0.15) is 23.6 Å². The minimum absolute atomic E-state index is 0.298. The van der Waals surface area contributed by atoms with Crippen LogP contribution in [0.2, 0.25) is 0 Å². The van der Waals surface area contributed by atoms with Gasteiger partial charge in [-0.15, -0.1) is 0 Å². The van der Waals surface area contributed by atoms with Gasteiger partial charge in [0, 0.05) is 17.1 Å². The van der Waals surface area contributed by atoms with Crippen LogP contribution in [0.4, 0.5) is 25.8 Å². The second kappa shape index (κ2) is 10.9. The van der Waals surface area contributed by atoms with Crippen molar-refractivity contribution in [1.82, 2.24) is 0 Å². The van der Waals surface area contributed by atoms with E-state index >= 15 is 0 Å². The molecule has 0 atom stereocenters. The van der Waals surface area contributed by atoms with Gasteiger partial charge in [0.2, 0.25) is 5.43 Å². The molecular weight excluding hydrogens is 512 g/mol. The molecule has 0 aromatic heterocycles. The molecule has 0 heterocycles. The molecule has 5 nitrogen and oxygen atoms in total. The molecule has 7 heteroatoms. The number of halogens is 2. The standard InChI is InChI=1S/C33H23F2NO4/c1-3-40-26-14-12-25(13-15-26)36(23-8-4-20(2)5-9-23)24-10-6-21(7-11-24)22-18-29(34)27(30(35)19-22)16-17-28-31(37)33(39)32(28)38/h4-15,18-19,37H,3H2,1-2H3. The summed E-state index contributed by atoms with van der Waals surface area (Å²) in [6.45, 7) is 4.51. The molecule has 0 bridgehead atoms. The molecule has 0 aliphatic heterocycles. The summed E-state index contributed by atoms with van der Waals surface area (Å²) in [5.41, 5.74) is 1.65. The molecule has 198 valence electrons. The largest absolute Gasteiger partial charge is 0.503 e. The number of aromatic hydroxyl groups is 1. The van der Waals surface area contributed by atoms with Gasteiger partial charge < -0.3 is 14.7 Å². The lowest BCUT2D eigenvalue weighted by Gasteiger charge is -2.26. The van der Waals surface area contributed by atoms with Crippen LogP contribution in [0.25, 0.3) is 11.1 Å². The average molecular weight is 536 g/mol. The highest BCUT2D eigenvalue weighted by Crippen LogP contribution is 2.36. The summed E-state index contributed by atoms with van der Waals surface area (Å²) in [7, 11) is 0. The number of benzene rings is 4.